The third-order valence-corrected chi connectivity index (χ3v) is 4.40. The Morgan fingerprint density at radius 3 is 2.45 bits per heavy atom. The number of carbonyl (C=O) groups excluding carboxylic acids is 2. The lowest BCUT2D eigenvalue weighted by atomic mass is 10.2. The zero-order valence-electron chi connectivity index (χ0n) is 17.2. The van der Waals surface area contributed by atoms with Crippen LogP contribution in [0.15, 0.2) is 36.4 Å². The number of hydrogen-bond acceptors (Lipinski definition) is 8. The molecule has 3 aromatic rings. The summed E-state index contributed by atoms with van der Waals surface area (Å²) in [5, 5.41) is 13.6. The fraction of sp³-hybridized carbons (Fsp3) is 0.238. The number of amides is 1. The summed E-state index contributed by atoms with van der Waals surface area (Å²) in [5.74, 6) is -1.13. The topological polar surface area (TPSA) is 134 Å². The summed E-state index contributed by atoms with van der Waals surface area (Å²) in [6, 6.07) is 8.78. The van der Waals surface area contributed by atoms with Crippen molar-refractivity contribution < 1.29 is 24.0 Å². The zero-order chi connectivity index (χ0) is 22.5. The average molecular weight is 424 g/mol. The van der Waals surface area contributed by atoms with E-state index in [0.29, 0.717) is 23.4 Å². The molecule has 0 aliphatic rings. The third kappa shape index (κ3) is 5.10. The van der Waals surface area contributed by atoms with Crippen molar-refractivity contribution in [3.63, 3.8) is 0 Å². The number of nitro benzene ring substituents is 1. The second-order valence-electron chi connectivity index (χ2n) is 6.59. The van der Waals surface area contributed by atoms with E-state index in [0.717, 1.165) is 11.4 Å². The predicted molar refractivity (Wildman–Crippen MR) is 112 cm³/mol. The van der Waals surface area contributed by atoms with Gasteiger partial charge in [-0.25, -0.2) is 14.8 Å². The van der Waals surface area contributed by atoms with Gasteiger partial charge in [0.25, 0.3) is 11.6 Å². The Labute approximate surface area is 177 Å². The van der Waals surface area contributed by atoms with Gasteiger partial charge in [-0.3, -0.25) is 14.9 Å². The number of anilines is 1. The van der Waals surface area contributed by atoms with E-state index in [9.17, 15) is 19.7 Å². The third-order valence-electron chi connectivity index (χ3n) is 4.40. The molecule has 0 radical (unpaired) electrons. The number of rotatable bonds is 7. The number of aromatic nitrogens is 2. The van der Waals surface area contributed by atoms with Gasteiger partial charge in [-0.2, -0.15) is 0 Å². The Kier molecular flexibility index (Phi) is 6.39. The maximum atomic E-state index is 12.3. The summed E-state index contributed by atoms with van der Waals surface area (Å²) in [4.78, 5) is 43.9. The van der Waals surface area contributed by atoms with Crippen molar-refractivity contribution in [3.8, 4) is 5.75 Å². The predicted octanol–water partition coefficient (Wildman–Crippen LogP) is 3.35. The van der Waals surface area contributed by atoms with Gasteiger partial charge >= 0.3 is 5.97 Å². The fourth-order valence-corrected chi connectivity index (χ4v) is 2.78. The first-order chi connectivity index (χ1) is 14.8. The molecule has 1 N–H and O–H groups in total. The second kappa shape index (κ2) is 9.16. The van der Waals surface area contributed by atoms with Gasteiger partial charge in [-0.1, -0.05) is 0 Å². The quantitative estimate of drug-likeness (QED) is 0.347. The number of esters is 1. The maximum Gasteiger partial charge on any atom is 0.338 e. The SMILES string of the molecule is CCOc1ccc(NC(=O)COC(=O)c2ccc3nc(C)c(C)nc3c2)c([N+](=O)[O-])c1. The van der Waals surface area contributed by atoms with Gasteiger partial charge in [0.05, 0.1) is 45.6 Å². The van der Waals surface area contributed by atoms with Gasteiger partial charge in [-0.15, -0.1) is 0 Å². The number of nitrogens with zero attached hydrogens (tertiary/aromatic N) is 3. The molecule has 0 saturated heterocycles. The lowest BCUT2D eigenvalue weighted by molar-refractivity contribution is -0.384. The summed E-state index contributed by atoms with van der Waals surface area (Å²) >= 11 is 0. The number of fused-ring (bicyclic) bond motifs is 1. The highest BCUT2D eigenvalue weighted by molar-refractivity contribution is 5.98. The molecule has 0 spiro atoms. The average Bonchev–Trinajstić information content (AvgIpc) is 2.73. The lowest BCUT2D eigenvalue weighted by Crippen LogP contribution is -2.21. The second-order valence-corrected chi connectivity index (χ2v) is 6.59. The van der Waals surface area contributed by atoms with Crippen LogP contribution in [0.3, 0.4) is 0 Å². The van der Waals surface area contributed by atoms with Crippen LogP contribution in [0, 0.1) is 24.0 Å². The van der Waals surface area contributed by atoms with Gasteiger partial charge in [0.1, 0.15) is 11.4 Å². The van der Waals surface area contributed by atoms with Crippen LogP contribution in [-0.4, -0.2) is 40.0 Å². The van der Waals surface area contributed by atoms with E-state index in [1.807, 2.05) is 13.8 Å². The molecule has 0 bridgehead atoms. The zero-order valence-corrected chi connectivity index (χ0v) is 17.2. The van der Waals surface area contributed by atoms with Crippen molar-refractivity contribution in [3.05, 3.63) is 63.5 Å². The van der Waals surface area contributed by atoms with Crippen LogP contribution in [0.2, 0.25) is 0 Å². The van der Waals surface area contributed by atoms with Crippen LogP contribution in [0.25, 0.3) is 11.0 Å². The molecule has 0 saturated carbocycles. The summed E-state index contributed by atoms with van der Waals surface area (Å²) in [6.45, 7) is 5.15. The molecular formula is C21H20N4O6. The molecule has 1 aromatic heterocycles. The Hall–Kier alpha value is -4.08. The number of nitro groups is 1. The number of aryl methyl sites for hydroxylation is 2. The summed E-state index contributed by atoms with van der Waals surface area (Å²) < 4.78 is 10.3. The normalized spacial score (nSPS) is 10.5. The number of ether oxygens (including phenoxy) is 2. The molecule has 1 heterocycles. The first kappa shape index (κ1) is 21.6. The van der Waals surface area contributed by atoms with E-state index < -0.39 is 23.4 Å². The van der Waals surface area contributed by atoms with Crippen molar-refractivity contribution in [2.75, 3.05) is 18.5 Å². The van der Waals surface area contributed by atoms with E-state index in [4.69, 9.17) is 9.47 Å². The molecule has 0 aliphatic carbocycles. The molecule has 2 aromatic carbocycles. The number of nitrogens with one attached hydrogen (secondary N) is 1. The van der Waals surface area contributed by atoms with Gasteiger partial charge in [-0.05, 0) is 51.1 Å². The molecule has 0 atom stereocenters. The molecular weight excluding hydrogens is 404 g/mol. The molecule has 0 fully saturated rings. The van der Waals surface area contributed by atoms with Crippen LogP contribution >= 0.6 is 0 Å². The standard InChI is InChI=1S/C21H20N4O6/c1-4-30-15-6-8-17(19(10-15)25(28)29)24-20(26)11-31-21(27)14-5-7-16-18(9-14)23-13(3)12(2)22-16/h5-10H,4,11H2,1-3H3,(H,24,26). The molecule has 1 amide bonds. The lowest BCUT2D eigenvalue weighted by Gasteiger charge is -2.09. The van der Waals surface area contributed by atoms with Crippen molar-refractivity contribution in [2.24, 2.45) is 0 Å². The van der Waals surface area contributed by atoms with Crippen LogP contribution in [0.1, 0.15) is 28.7 Å². The Bertz CT molecular complexity index is 1180. The van der Waals surface area contributed by atoms with E-state index in [1.165, 1.54) is 30.3 Å². The molecule has 3 rings (SSSR count). The fourth-order valence-electron chi connectivity index (χ4n) is 2.78. The highest BCUT2D eigenvalue weighted by Crippen LogP contribution is 2.29. The number of hydrogen-bond donors (Lipinski definition) is 1. The maximum absolute atomic E-state index is 12.3. The summed E-state index contributed by atoms with van der Waals surface area (Å²) in [5.41, 5.74) is 2.57. The van der Waals surface area contributed by atoms with E-state index in [1.54, 1.807) is 13.0 Å². The van der Waals surface area contributed by atoms with E-state index in [2.05, 4.69) is 15.3 Å². The van der Waals surface area contributed by atoms with Crippen LogP contribution < -0.4 is 10.1 Å². The van der Waals surface area contributed by atoms with Gasteiger partial charge in [0.15, 0.2) is 6.61 Å². The van der Waals surface area contributed by atoms with E-state index >= 15 is 0 Å². The van der Waals surface area contributed by atoms with Gasteiger partial charge in [0, 0.05) is 0 Å². The Morgan fingerprint density at radius 1 is 1.06 bits per heavy atom. The minimum absolute atomic E-state index is 0.0265. The molecule has 160 valence electrons. The first-order valence-corrected chi connectivity index (χ1v) is 9.41. The van der Waals surface area contributed by atoms with Crippen LogP contribution in [0.4, 0.5) is 11.4 Å². The van der Waals surface area contributed by atoms with Crippen molar-refractivity contribution in [1.82, 2.24) is 9.97 Å². The van der Waals surface area contributed by atoms with Gasteiger partial charge < -0.3 is 14.8 Å². The summed E-state index contributed by atoms with van der Waals surface area (Å²) in [7, 11) is 0. The summed E-state index contributed by atoms with van der Waals surface area (Å²) in [6.07, 6.45) is 0. The molecule has 0 aliphatic heterocycles. The number of benzene rings is 2. The van der Waals surface area contributed by atoms with Crippen LogP contribution in [-0.2, 0) is 9.53 Å². The minimum Gasteiger partial charge on any atom is -0.494 e. The highest BCUT2D eigenvalue weighted by Gasteiger charge is 2.19. The molecule has 10 heteroatoms. The molecule has 10 nitrogen and oxygen atoms in total. The monoisotopic (exact) mass is 424 g/mol. The first-order valence-electron chi connectivity index (χ1n) is 9.41. The van der Waals surface area contributed by atoms with Gasteiger partial charge in [0.2, 0.25) is 0 Å². The minimum atomic E-state index is -0.724. The van der Waals surface area contributed by atoms with E-state index in [-0.39, 0.29) is 16.9 Å². The smallest absolute Gasteiger partial charge is 0.338 e. The Balaban J connectivity index is 1.67. The van der Waals surface area contributed by atoms with Crippen LogP contribution in [0.5, 0.6) is 5.75 Å². The molecule has 31 heavy (non-hydrogen) atoms. The molecule has 0 unspecified atom stereocenters. The van der Waals surface area contributed by atoms with Crippen molar-refractivity contribution in [1.29, 1.82) is 0 Å². The number of carbonyl (C=O) groups is 2. The largest absolute Gasteiger partial charge is 0.494 e. The highest BCUT2D eigenvalue weighted by atomic mass is 16.6. The van der Waals surface area contributed by atoms with Crippen molar-refractivity contribution in [2.45, 2.75) is 20.8 Å². The Morgan fingerprint density at radius 2 is 1.77 bits per heavy atom. The van der Waals surface area contributed by atoms with Crippen molar-refractivity contribution >= 4 is 34.3 Å².